The Morgan fingerprint density at radius 3 is 2.69 bits per heavy atom. The van der Waals surface area contributed by atoms with Gasteiger partial charge in [-0.3, -0.25) is 10.1 Å². The van der Waals surface area contributed by atoms with E-state index in [4.69, 9.17) is 9.47 Å². The zero-order valence-corrected chi connectivity index (χ0v) is 8.89. The minimum atomic E-state index is -1.16. The van der Waals surface area contributed by atoms with Gasteiger partial charge in [-0.15, -0.1) is 0 Å². The molecule has 0 radical (unpaired) electrons. The molecule has 6 nitrogen and oxygen atoms in total. The van der Waals surface area contributed by atoms with Crippen molar-refractivity contribution in [3.63, 3.8) is 0 Å². The quantitative estimate of drug-likeness (QED) is 0.610. The highest BCUT2D eigenvalue weighted by Crippen LogP contribution is 2.43. The molecule has 0 saturated carbocycles. The number of hydrogen-bond donors (Lipinski definition) is 1. The molecule has 0 aliphatic carbocycles. The Kier molecular flexibility index (Phi) is 2.23. The number of nitro benzene ring substituents is 1. The standard InChI is InChI=1S/C10H11NO5/c1-10(2,12)6-3-7(11(13)14)9-8(4-6)15-5-16-9/h3-4,12H,5H2,1-2H3. The molecule has 1 aromatic rings. The van der Waals surface area contributed by atoms with Crippen molar-refractivity contribution in [3.05, 3.63) is 27.8 Å². The molecule has 0 atom stereocenters. The SMILES string of the molecule is CC(C)(O)c1cc2c(c([N+](=O)[O-])c1)OCO2. The maximum Gasteiger partial charge on any atom is 0.315 e. The van der Waals surface area contributed by atoms with E-state index in [-0.39, 0.29) is 18.2 Å². The van der Waals surface area contributed by atoms with Gasteiger partial charge in [0.1, 0.15) is 0 Å². The molecule has 0 spiro atoms. The van der Waals surface area contributed by atoms with Crippen LogP contribution >= 0.6 is 0 Å². The first-order valence-electron chi connectivity index (χ1n) is 4.70. The summed E-state index contributed by atoms with van der Waals surface area (Å²) in [7, 11) is 0. The van der Waals surface area contributed by atoms with Gasteiger partial charge in [0, 0.05) is 6.07 Å². The van der Waals surface area contributed by atoms with E-state index in [1.165, 1.54) is 6.07 Å². The second kappa shape index (κ2) is 3.34. The molecule has 16 heavy (non-hydrogen) atoms. The van der Waals surface area contributed by atoms with Crippen molar-refractivity contribution >= 4 is 5.69 Å². The number of aliphatic hydroxyl groups is 1. The lowest BCUT2D eigenvalue weighted by Crippen LogP contribution is -2.15. The van der Waals surface area contributed by atoms with Crippen molar-refractivity contribution in [1.29, 1.82) is 0 Å². The van der Waals surface area contributed by atoms with Gasteiger partial charge < -0.3 is 14.6 Å². The Labute approximate surface area is 91.6 Å². The van der Waals surface area contributed by atoms with Crippen molar-refractivity contribution in [2.24, 2.45) is 0 Å². The van der Waals surface area contributed by atoms with E-state index in [9.17, 15) is 15.2 Å². The third-order valence-corrected chi connectivity index (χ3v) is 2.36. The topological polar surface area (TPSA) is 81.8 Å². The fraction of sp³-hybridized carbons (Fsp3) is 0.400. The average Bonchev–Trinajstić information content (AvgIpc) is 2.61. The van der Waals surface area contributed by atoms with Crippen molar-refractivity contribution < 1.29 is 19.5 Å². The van der Waals surface area contributed by atoms with E-state index in [0.717, 1.165) is 0 Å². The second-order valence-corrected chi connectivity index (χ2v) is 4.05. The molecule has 0 unspecified atom stereocenters. The van der Waals surface area contributed by atoms with Crippen LogP contribution in [0.1, 0.15) is 19.4 Å². The van der Waals surface area contributed by atoms with Gasteiger partial charge in [0.25, 0.3) is 0 Å². The molecule has 6 heteroatoms. The lowest BCUT2D eigenvalue weighted by atomic mass is 9.97. The Balaban J connectivity index is 2.61. The van der Waals surface area contributed by atoms with Crippen molar-refractivity contribution in [1.82, 2.24) is 0 Å². The summed E-state index contributed by atoms with van der Waals surface area (Å²) in [4.78, 5) is 10.3. The summed E-state index contributed by atoms with van der Waals surface area (Å²) in [5, 5.41) is 20.6. The zero-order chi connectivity index (χ0) is 11.9. The van der Waals surface area contributed by atoms with E-state index in [1.807, 2.05) is 0 Å². The molecule has 2 rings (SSSR count). The van der Waals surface area contributed by atoms with Crippen LogP contribution in [0, 0.1) is 10.1 Å². The maximum atomic E-state index is 10.8. The van der Waals surface area contributed by atoms with Crippen LogP contribution in [0.4, 0.5) is 5.69 Å². The summed E-state index contributed by atoms with van der Waals surface area (Å²) in [5.74, 6) is 0.421. The molecular formula is C10H11NO5. The van der Waals surface area contributed by atoms with Crippen LogP contribution < -0.4 is 9.47 Å². The van der Waals surface area contributed by atoms with E-state index < -0.39 is 10.5 Å². The largest absolute Gasteiger partial charge is 0.453 e. The van der Waals surface area contributed by atoms with Gasteiger partial charge in [0.15, 0.2) is 5.75 Å². The Hall–Kier alpha value is -1.82. The maximum absolute atomic E-state index is 10.8. The van der Waals surface area contributed by atoms with E-state index in [1.54, 1.807) is 19.9 Å². The zero-order valence-electron chi connectivity index (χ0n) is 8.89. The van der Waals surface area contributed by atoms with Gasteiger partial charge in [-0.25, -0.2) is 0 Å². The first kappa shape index (κ1) is 10.7. The average molecular weight is 225 g/mol. The molecule has 0 fully saturated rings. The third-order valence-electron chi connectivity index (χ3n) is 2.36. The Morgan fingerprint density at radius 1 is 1.44 bits per heavy atom. The van der Waals surface area contributed by atoms with Crippen LogP contribution in [0.3, 0.4) is 0 Å². The first-order chi connectivity index (χ1) is 7.39. The monoisotopic (exact) mass is 225 g/mol. The highest BCUT2D eigenvalue weighted by molar-refractivity contribution is 5.59. The van der Waals surface area contributed by atoms with Crippen LogP contribution in [0.5, 0.6) is 11.5 Å². The first-order valence-corrected chi connectivity index (χ1v) is 4.70. The number of rotatable bonds is 2. The number of nitrogens with zero attached hydrogens (tertiary/aromatic N) is 1. The molecule has 1 aromatic carbocycles. The summed E-state index contributed by atoms with van der Waals surface area (Å²) in [6.45, 7) is 3.06. The van der Waals surface area contributed by atoms with Crippen molar-refractivity contribution in [3.8, 4) is 11.5 Å². The predicted octanol–water partition coefficient (Wildman–Crippen LogP) is 1.55. The van der Waals surface area contributed by atoms with Crippen LogP contribution in [-0.4, -0.2) is 16.8 Å². The van der Waals surface area contributed by atoms with Crippen LogP contribution in [0.2, 0.25) is 0 Å². The predicted molar refractivity (Wildman–Crippen MR) is 54.5 cm³/mol. The molecule has 1 aliphatic rings. The van der Waals surface area contributed by atoms with Crippen LogP contribution in [0.15, 0.2) is 12.1 Å². The number of nitro groups is 1. The fourth-order valence-electron chi connectivity index (χ4n) is 1.48. The number of hydrogen-bond acceptors (Lipinski definition) is 5. The second-order valence-electron chi connectivity index (χ2n) is 4.05. The van der Waals surface area contributed by atoms with E-state index in [0.29, 0.717) is 11.3 Å². The van der Waals surface area contributed by atoms with Gasteiger partial charge in [-0.2, -0.15) is 0 Å². The summed E-state index contributed by atoms with van der Waals surface area (Å²) in [6, 6.07) is 2.85. The van der Waals surface area contributed by atoms with Gasteiger partial charge in [0.2, 0.25) is 12.5 Å². The van der Waals surface area contributed by atoms with E-state index in [2.05, 4.69) is 0 Å². The van der Waals surface area contributed by atoms with Crippen LogP contribution in [0.25, 0.3) is 0 Å². The fourth-order valence-corrected chi connectivity index (χ4v) is 1.48. The molecule has 1 aliphatic heterocycles. The third kappa shape index (κ3) is 1.67. The minimum absolute atomic E-state index is 0.0362. The van der Waals surface area contributed by atoms with Crippen LogP contribution in [-0.2, 0) is 5.60 Å². The Morgan fingerprint density at radius 2 is 2.12 bits per heavy atom. The summed E-state index contributed by atoms with van der Waals surface area (Å²) in [5.41, 5.74) is -0.929. The molecule has 0 saturated heterocycles. The van der Waals surface area contributed by atoms with E-state index >= 15 is 0 Å². The molecule has 86 valence electrons. The smallest absolute Gasteiger partial charge is 0.315 e. The number of fused-ring (bicyclic) bond motifs is 1. The normalized spacial score (nSPS) is 13.9. The van der Waals surface area contributed by atoms with Gasteiger partial charge in [-0.1, -0.05) is 0 Å². The Bertz CT molecular complexity index is 449. The number of benzene rings is 1. The van der Waals surface area contributed by atoms with Gasteiger partial charge in [-0.05, 0) is 25.5 Å². The van der Waals surface area contributed by atoms with Crippen molar-refractivity contribution in [2.75, 3.05) is 6.79 Å². The lowest BCUT2D eigenvalue weighted by Gasteiger charge is -2.17. The van der Waals surface area contributed by atoms with Crippen molar-refractivity contribution in [2.45, 2.75) is 19.4 Å². The number of ether oxygens (including phenoxy) is 2. The van der Waals surface area contributed by atoms with Gasteiger partial charge >= 0.3 is 5.69 Å². The molecule has 1 N–H and O–H groups in total. The molecule has 0 amide bonds. The molecular weight excluding hydrogens is 214 g/mol. The molecule has 0 bridgehead atoms. The summed E-state index contributed by atoms with van der Waals surface area (Å²) < 4.78 is 10.1. The minimum Gasteiger partial charge on any atom is -0.453 e. The highest BCUT2D eigenvalue weighted by Gasteiger charge is 2.30. The highest BCUT2D eigenvalue weighted by atomic mass is 16.7. The van der Waals surface area contributed by atoms with Gasteiger partial charge in [0.05, 0.1) is 10.5 Å². The molecule has 1 heterocycles. The summed E-state index contributed by atoms with van der Waals surface area (Å²) in [6.07, 6.45) is 0. The lowest BCUT2D eigenvalue weighted by molar-refractivity contribution is -0.385. The summed E-state index contributed by atoms with van der Waals surface area (Å²) >= 11 is 0. The molecule has 0 aromatic heterocycles.